The average Bonchev–Trinajstić information content (AvgIpc) is 2.58. The van der Waals surface area contributed by atoms with Crippen LogP contribution in [-0.2, 0) is 0 Å². The normalized spacial score (nSPS) is 18.5. The number of hydrogen-bond acceptors (Lipinski definition) is 3. The van der Waals surface area contributed by atoms with Crippen molar-refractivity contribution in [3.63, 3.8) is 0 Å². The fourth-order valence-corrected chi connectivity index (χ4v) is 2.61. The molecule has 0 saturated carbocycles. The van der Waals surface area contributed by atoms with E-state index in [-0.39, 0.29) is 0 Å². The molecule has 0 bridgehead atoms. The first kappa shape index (κ1) is 14.9. The second kappa shape index (κ2) is 9.86. The maximum atomic E-state index is 3.46. The Bertz CT molecular complexity index is 157. The van der Waals surface area contributed by atoms with Gasteiger partial charge in [-0.15, -0.1) is 0 Å². The molecule has 0 aliphatic carbocycles. The van der Waals surface area contributed by atoms with Gasteiger partial charge in [-0.25, -0.2) is 0 Å². The topological polar surface area (TPSA) is 18.5 Å². The molecule has 102 valence electrons. The first-order valence-corrected chi connectivity index (χ1v) is 7.52. The second-order valence-corrected chi connectivity index (χ2v) is 5.14. The van der Waals surface area contributed by atoms with E-state index >= 15 is 0 Å². The lowest BCUT2D eigenvalue weighted by Crippen LogP contribution is -2.33. The molecule has 1 saturated heterocycles. The highest BCUT2D eigenvalue weighted by Gasteiger charge is 2.08. The third-order valence-corrected chi connectivity index (χ3v) is 3.46. The quantitative estimate of drug-likeness (QED) is 0.699. The van der Waals surface area contributed by atoms with Crippen LogP contribution >= 0.6 is 0 Å². The Morgan fingerprint density at radius 1 is 1.00 bits per heavy atom. The smallest absolute Gasteiger partial charge is 0.0107 e. The van der Waals surface area contributed by atoms with Gasteiger partial charge in [0.15, 0.2) is 0 Å². The summed E-state index contributed by atoms with van der Waals surface area (Å²) in [5.41, 5.74) is 0. The van der Waals surface area contributed by atoms with Crippen molar-refractivity contribution in [2.75, 3.05) is 52.4 Å². The van der Waals surface area contributed by atoms with Gasteiger partial charge < -0.3 is 15.1 Å². The van der Waals surface area contributed by atoms with E-state index in [4.69, 9.17) is 0 Å². The highest BCUT2D eigenvalue weighted by molar-refractivity contribution is 4.67. The summed E-state index contributed by atoms with van der Waals surface area (Å²) in [6, 6.07) is 0. The zero-order valence-electron chi connectivity index (χ0n) is 11.9. The van der Waals surface area contributed by atoms with Crippen LogP contribution in [0.4, 0.5) is 0 Å². The van der Waals surface area contributed by atoms with E-state index in [2.05, 4.69) is 29.0 Å². The minimum atomic E-state index is 1.17. The summed E-state index contributed by atoms with van der Waals surface area (Å²) >= 11 is 0. The molecule has 1 fully saturated rings. The molecule has 1 heterocycles. The molecule has 1 aliphatic heterocycles. The highest BCUT2D eigenvalue weighted by Crippen LogP contribution is 2.00. The predicted octanol–water partition coefficient (Wildman–Crippen LogP) is 1.79. The van der Waals surface area contributed by atoms with Crippen LogP contribution < -0.4 is 5.32 Å². The molecule has 0 spiro atoms. The molecule has 0 aromatic heterocycles. The lowest BCUT2D eigenvalue weighted by molar-refractivity contribution is 0.233. The van der Waals surface area contributed by atoms with E-state index in [0.29, 0.717) is 0 Å². The molecule has 0 aromatic rings. The van der Waals surface area contributed by atoms with E-state index in [1.807, 2.05) is 0 Å². The van der Waals surface area contributed by atoms with Crippen LogP contribution in [0.15, 0.2) is 0 Å². The Kier molecular flexibility index (Phi) is 8.67. The first-order valence-electron chi connectivity index (χ1n) is 7.52. The van der Waals surface area contributed by atoms with Crippen molar-refractivity contribution in [1.29, 1.82) is 0 Å². The van der Waals surface area contributed by atoms with Crippen molar-refractivity contribution < 1.29 is 0 Å². The summed E-state index contributed by atoms with van der Waals surface area (Å²) in [6.45, 7) is 14.6. The summed E-state index contributed by atoms with van der Waals surface area (Å²) in [5.74, 6) is 0. The van der Waals surface area contributed by atoms with Gasteiger partial charge in [0, 0.05) is 13.1 Å². The molecule has 1 N–H and O–H groups in total. The largest absolute Gasteiger partial charge is 0.315 e. The van der Waals surface area contributed by atoms with Gasteiger partial charge in [0.25, 0.3) is 0 Å². The molecule has 0 aromatic carbocycles. The van der Waals surface area contributed by atoms with Gasteiger partial charge in [0.05, 0.1) is 0 Å². The van der Waals surface area contributed by atoms with Crippen molar-refractivity contribution >= 4 is 0 Å². The minimum Gasteiger partial charge on any atom is -0.315 e. The third kappa shape index (κ3) is 7.02. The molecule has 0 unspecified atom stereocenters. The molecule has 3 heteroatoms. The molecule has 0 amide bonds. The van der Waals surface area contributed by atoms with Crippen LogP contribution in [-0.4, -0.2) is 62.2 Å². The fourth-order valence-electron chi connectivity index (χ4n) is 2.61. The van der Waals surface area contributed by atoms with Crippen LogP contribution in [0.2, 0.25) is 0 Å². The van der Waals surface area contributed by atoms with E-state index < -0.39 is 0 Å². The van der Waals surface area contributed by atoms with Crippen LogP contribution in [0.1, 0.15) is 39.5 Å². The Hall–Kier alpha value is -0.120. The first-order chi connectivity index (χ1) is 8.36. The highest BCUT2D eigenvalue weighted by atomic mass is 15.2. The van der Waals surface area contributed by atoms with Gasteiger partial charge in [-0.3, -0.25) is 0 Å². The van der Waals surface area contributed by atoms with Gasteiger partial charge in [0.2, 0.25) is 0 Å². The van der Waals surface area contributed by atoms with Crippen molar-refractivity contribution in [3.05, 3.63) is 0 Å². The van der Waals surface area contributed by atoms with Crippen LogP contribution in [0.5, 0.6) is 0 Å². The summed E-state index contributed by atoms with van der Waals surface area (Å²) in [4.78, 5) is 5.24. The van der Waals surface area contributed by atoms with Gasteiger partial charge >= 0.3 is 0 Å². The van der Waals surface area contributed by atoms with E-state index in [1.165, 1.54) is 78.0 Å². The lowest BCUT2D eigenvalue weighted by Gasteiger charge is -2.24. The van der Waals surface area contributed by atoms with Crippen LogP contribution in [0.25, 0.3) is 0 Å². The lowest BCUT2D eigenvalue weighted by atomic mass is 10.3. The molecule has 0 atom stereocenters. The van der Waals surface area contributed by atoms with Gasteiger partial charge in [-0.05, 0) is 65.0 Å². The Labute approximate surface area is 108 Å². The maximum Gasteiger partial charge on any atom is 0.0107 e. The van der Waals surface area contributed by atoms with Gasteiger partial charge in [-0.1, -0.05) is 13.8 Å². The van der Waals surface area contributed by atoms with E-state index in [9.17, 15) is 0 Å². The molecular weight excluding hydrogens is 210 g/mol. The van der Waals surface area contributed by atoms with Crippen molar-refractivity contribution in [1.82, 2.24) is 15.1 Å². The zero-order valence-corrected chi connectivity index (χ0v) is 11.9. The summed E-state index contributed by atoms with van der Waals surface area (Å²) in [5, 5.41) is 3.46. The molecular formula is C14H31N3. The van der Waals surface area contributed by atoms with Crippen LogP contribution in [0, 0.1) is 0 Å². The Balaban J connectivity index is 2.10. The predicted molar refractivity (Wildman–Crippen MR) is 75.6 cm³/mol. The van der Waals surface area contributed by atoms with Gasteiger partial charge in [0.1, 0.15) is 0 Å². The van der Waals surface area contributed by atoms with Crippen molar-refractivity contribution in [2.45, 2.75) is 39.5 Å². The molecule has 3 nitrogen and oxygen atoms in total. The molecule has 1 aliphatic rings. The molecule has 1 rings (SSSR count). The Morgan fingerprint density at radius 2 is 1.76 bits per heavy atom. The van der Waals surface area contributed by atoms with E-state index in [1.54, 1.807) is 0 Å². The second-order valence-electron chi connectivity index (χ2n) is 5.14. The summed E-state index contributed by atoms with van der Waals surface area (Å²) in [7, 11) is 0. The third-order valence-electron chi connectivity index (χ3n) is 3.46. The SMILES string of the molecule is CCCN(CCC)CCCN1CCCNCC1. The average molecular weight is 241 g/mol. The number of nitrogens with one attached hydrogen (secondary N) is 1. The fraction of sp³-hybridized carbons (Fsp3) is 1.00. The minimum absolute atomic E-state index is 1.17. The summed E-state index contributed by atoms with van der Waals surface area (Å²) in [6.07, 6.45) is 5.22. The van der Waals surface area contributed by atoms with Crippen LogP contribution in [0.3, 0.4) is 0 Å². The molecule has 0 radical (unpaired) electrons. The standard InChI is InChI=1S/C14H31N3/c1-3-9-16(10-4-2)12-6-13-17-11-5-7-15-8-14-17/h15H,3-14H2,1-2H3. The van der Waals surface area contributed by atoms with E-state index in [0.717, 1.165) is 0 Å². The number of rotatable bonds is 8. The number of nitrogens with zero attached hydrogens (tertiary/aromatic N) is 2. The zero-order chi connectivity index (χ0) is 12.3. The maximum absolute atomic E-state index is 3.46. The Morgan fingerprint density at radius 3 is 2.47 bits per heavy atom. The van der Waals surface area contributed by atoms with Crippen molar-refractivity contribution in [3.8, 4) is 0 Å². The monoisotopic (exact) mass is 241 g/mol. The van der Waals surface area contributed by atoms with Gasteiger partial charge in [-0.2, -0.15) is 0 Å². The van der Waals surface area contributed by atoms with Crippen molar-refractivity contribution in [2.24, 2.45) is 0 Å². The molecule has 17 heavy (non-hydrogen) atoms. The number of hydrogen-bond donors (Lipinski definition) is 1. The summed E-state index contributed by atoms with van der Waals surface area (Å²) < 4.78 is 0.